The average molecular weight is 428 g/mol. The molecule has 0 radical (unpaired) electrons. The van der Waals surface area contributed by atoms with Crippen LogP contribution < -0.4 is 4.90 Å². The summed E-state index contributed by atoms with van der Waals surface area (Å²) < 4.78 is 44.6. The SMILES string of the molecule is CN1C(=S)N(c2ccccc2)C(=O)/C1=C/c1ccc(-c2cccc(C(F)(F)F)c2)o1. The molecule has 1 aliphatic rings. The van der Waals surface area contributed by atoms with E-state index in [0.717, 1.165) is 12.1 Å². The molecule has 0 unspecified atom stereocenters. The molecule has 0 bridgehead atoms. The van der Waals surface area contributed by atoms with Crippen LogP contribution in [0.15, 0.2) is 76.8 Å². The van der Waals surface area contributed by atoms with Gasteiger partial charge in [-0.3, -0.25) is 9.69 Å². The zero-order chi connectivity index (χ0) is 21.5. The normalized spacial score (nSPS) is 16.1. The number of hydrogen-bond acceptors (Lipinski definition) is 3. The number of hydrogen-bond donors (Lipinski definition) is 0. The fourth-order valence-electron chi connectivity index (χ4n) is 3.13. The Morgan fingerprint density at radius 1 is 1.00 bits per heavy atom. The fourth-order valence-corrected chi connectivity index (χ4v) is 3.42. The van der Waals surface area contributed by atoms with E-state index in [9.17, 15) is 18.0 Å². The number of amides is 1. The molecule has 0 N–H and O–H groups in total. The molecule has 0 saturated carbocycles. The average Bonchev–Trinajstić information content (AvgIpc) is 3.27. The summed E-state index contributed by atoms with van der Waals surface area (Å²) in [7, 11) is 1.67. The van der Waals surface area contributed by atoms with Crippen LogP contribution in [0, 0.1) is 0 Å². The summed E-state index contributed by atoms with van der Waals surface area (Å²) in [4.78, 5) is 15.9. The number of furan rings is 1. The van der Waals surface area contributed by atoms with Gasteiger partial charge in [-0.2, -0.15) is 13.2 Å². The highest BCUT2D eigenvalue weighted by Gasteiger charge is 2.37. The third-order valence-electron chi connectivity index (χ3n) is 4.66. The number of nitrogens with zero attached hydrogens (tertiary/aromatic N) is 2. The molecule has 1 saturated heterocycles. The largest absolute Gasteiger partial charge is 0.457 e. The van der Waals surface area contributed by atoms with Gasteiger partial charge in [0.05, 0.1) is 11.3 Å². The van der Waals surface area contributed by atoms with Crippen molar-refractivity contribution < 1.29 is 22.4 Å². The van der Waals surface area contributed by atoms with Crippen molar-refractivity contribution in [3.8, 4) is 11.3 Å². The number of thiocarbonyl (C=S) groups is 1. The first-order chi connectivity index (χ1) is 14.3. The minimum Gasteiger partial charge on any atom is -0.457 e. The summed E-state index contributed by atoms with van der Waals surface area (Å²) in [5.74, 6) is 0.282. The number of carbonyl (C=O) groups excluding carboxylic acids is 1. The lowest BCUT2D eigenvalue weighted by molar-refractivity contribution is -0.137. The van der Waals surface area contributed by atoms with Crippen molar-refractivity contribution in [2.24, 2.45) is 0 Å². The standard InChI is InChI=1S/C22H15F3N2O2S/c1-26-18(20(28)27(21(26)30)16-8-3-2-4-9-16)13-17-10-11-19(29-17)14-6-5-7-15(12-14)22(23,24)25/h2-13H,1H3/b18-13-. The lowest BCUT2D eigenvalue weighted by atomic mass is 10.1. The van der Waals surface area contributed by atoms with E-state index in [1.54, 1.807) is 48.3 Å². The molecule has 0 spiro atoms. The number of alkyl halides is 3. The van der Waals surface area contributed by atoms with Gasteiger partial charge in [0.1, 0.15) is 17.2 Å². The monoisotopic (exact) mass is 428 g/mol. The van der Waals surface area contributed by atoms with Gasteiger partial charge in [-0.25, -0.2) is 0 Å². The van der Waals surface area contributed by atoms with Gasteiger partial charge >= 0.3 is 6.18 Å². The minimum absolute atomic E-state index is 0.267. The zero-order valence-corrected chi connectivity index (χ0v) is 16.5. The first kappa shape index (κ1) is 19.9. The Labute approximate surface area is 175 Å². The summed E-state index contributed by atoms with van der Waals surface area (Å²) in [6.07, 6.45) is -2.92. The van der Waals surface area contributed by atoms with E-state index in [0.29, 0.717) is 27.8 Å². The van der Waals surface area contributed by atoms with Crippen LogP contribution in [0.4, 0.5) is 18.9 Å². The summed E-state index contributed by atoms with van der Waals surface area (Å²) in [6.45, 7) is 0. The highest BCUT2D eigenvalue weighted by atomic mass is 32.1. The topological polar surface area (TPSA) is 36.7 Å². The second-order valence-corrected chi connectivity index (χ2v) is 6.99. The Kier molecular flexibility index (Phi) is 4.95. The number of rotatable bonds is 3. The highest BCUT2D eigenvalue weighted by Crippen LogP contribution is 2.33. The van der Waals surface area contributed by atoms with Gasteiger partial charge in [-0.1, -0.05) is 30.3 Å². The quantitative estimate of drug-likeness (QED) is 0.404. The molecule has 1 aliphatic heterocycles. The fraction of sp³-hybridized carbons (Fsp3) is 0.0909. The summed E-state index contributed by atoms with van der Waals surface area (Å²) in [5, 5.41) is 0.321. The maximum Gasteiger partial charge on any atom is 0.416 e. The first-order valence-electron chi connectivity index (χ1n) is 8.92. The van der Waals surface area contributed by atoms with E-state index in [-0.39, 0.29) is 11.7 Å². The summed E-state index contributed by atoms with van der Waals surface area (Å²) in [5.41, 5.74) is 0.480. The number of likely N-dealkylation sites (N-methyl/N-ethyl adjacent to an activating group) is 1. The number of para-hydroxylation sites is 1. The molecule has 2 heterocycles. The first-order valence-corrected chi connectivity index (χ1v) is 9.33. The Morgan fingerprint density at radius 2 is 1.73 bits per heavy atom. The van der Waals surface area contributed by atoms with E-state index < -0.39 is 11.7 Å². The smallest absolute Gasteiger partial charge is 0.416 e. The summed E-state index contributed by atoms with van der Waals surface area (Å²) >= 11 is 5.40. The zero-order valence-electron chi connectivity index (χ0n) is 15.7. The van der Waals surface area contributed by atoms with E-state index in [1.165, 1.54) is 23.1 Å². The molecule has 152 valence electrons. The van der Waals surface area contributed by atoms with Crippen molar-refractivity contribution in [3.63, 3.8) is 0 Å². The second-order valence-electron chi connectivity index (χ2n) is 6.63. The maximum absolute atomic E-state index is 13.0. The van der Waals surface area contributed by atoms with Crippen molar-refractivity contribution in [2.75, 3.05) is 11.9 Å². The predicted octanol–water partition coefficient (Wildman–Crippen LogP) is 5.57. The van der Waals surface area contributed by atoms with Crippen molar-refractivity contribution in [1.82, 2.24) is 4.90 Å². The van der Waals surface area contributed by atoms with Gasteiger partial charge < -0.3 is 9.32 Å². The van der Waals surface area contributed by atoms with Crippen LogP contribution in [-0.2, 0) is 11.0 Å². The number of anilines is 1. The lowest BCUT2D eigenvalue weighted by Crippen LogP contribution is -2.30. The van der Waals surface area contributed by atoms with E-state index >= 15 is 0 Å². The van der Waals surface area contributed by atoms with Crippen molar-refractivity contribution in [2.45, 2.75) is 6.18 Å². The van der Waals surface area contributed by atoms with Crippen LogP contribution in [0.1, 0.15) is 11.3 Å². The number of benzene rings is 2. The third kappa shape index (κ3) is 3.61. The molecule has 3 aromatic rings. The van der Waals surface area contributed by atoms with E-state index in [1.807, 2.05) is 6.07 Å². The van der Waals surface area contributed by atoms with Crippen LogP contribution in [0.3, 0.4) is 0 Å². The van der Waals surface area contributed by atoms with Crippen LogP contribution >= 0.6 is 12.2 Å². The Morgan fingerprint density at radius 3 is 2.43 bits per heavy atom. The Balaban J connectivity index is 1.65. The Hall–Kier alpha value is -3.39. The van der Waals surface area contributed by atoms with Gasteiger partial charge in [0, 0.05) is 18.7 Å². The lowest BCUT2D eigenvalue weighted by Gasteiger charge is -2.16. The van der Waals surface area contributed by atoms with Gasteiger partial charge in [0.2, 0.25) is 0 Å². The molecular weight excluding hydrogens is 413 g/mol. The molecule has 1 amide bonds. The number of halogens is 3. The molecule has 1 fully saturated rings. The number of carbonyl (C=O) groups is 1. The van der Waals surface area contributed by atoms with Crippen molar-refractivity contribution in [1.29, 1.82) is 0 Å². The van der Waals surface area contributed by atoms with Gasteiger partial charge in [0.25, 0.3) is 5.91 Å². The van der Waals surface area contributed by atoms with E-state index in [4.69, 9.17) is 16.6 Å². The molecule has 2 aromatic carbocycles. The second kappa shape index (κ2) is 7.46. The van der Waals surface area contributed by atoms with Gasteiger partial charge in [0.15, 0.2) is 5.11 Å². The molecule has 4 rings (SSSR count). The molecular formula is C22H15F3N2O2S. The molecule has 8 heteroatoms. The third-order valence-corrected chi connectivity index (χ3v) is 5.11. The molecule has 0 atom stereocenters. The minimum atomic E-state index is -4.44. The van der Waals surface area contributed by atoms with Crippen LogP contribution in [-0.4, -0.2) is 23.0 Å². The van der Waals surface area contributed by atoms with Crippen LogP contribution in [0.2, 0.25) is 0 Å². The molecule has 4 nitrogen and oxygen atoms in total. The molecule has 1 aromatic heterocycles. The van der Waals surface area contributed by atoms with Crippen LogP contribution in [0.5, 0.6) is 0 Å². The highest BCUT2D eigenvalue weighted by molar-refractivity contribution is 7.80. The Bertz CT molecular complexity index is 1150. The maximum atomic E-state index is 13.0. The van der Waals surface area contributed by atoms with Gasteiger partial charge in [-0.15, -0.1) is 0 Å². The molecule has 30 heavy (non-hydrogen) atoms. The van der Waals surface area contributed by atoms with Crippen molar-refractivity contribution >= 4 is 35.0 Å². The van der Waals surface area contributed by atoms with Gasteiger partial charge in [-0.05, 0) is 48.6 Å². The summed E-state index contributed by atoms with van der Waals surface area (Å²) in [6, 6.07) is 17.0. The van der Waals surface area contributed by atoms with Crippen molar-refractivity contribution in [3.05, 3.63) is 83.8 Å². The van der Waals surface area contributed by atoms with Crippen LogP contribution in [0.25, 0.3) is 17.4 Å². The van der Waals surface area contributed by atoms with E-state index in [2.05, 4.69) is 0 Å². The predicted molar refractivity (Wildman–Crippen MR) is 111 cm³/mol. The molecule has 0 aliphatic carbocycles.